The van der Waals surface area contributed by atoms with Crippen LogP contribution in [0, 0.1) is 5.82 Å². The van der Waals surface area contributed by atoms with Gasteiger partial charge in [-0.05, 0) is 35.9 Å². The van der Waals surface area contributed by atoms with Gasteiger partial charge in [0.15, 0.2) is 9.84 Å². The van der Waals surface area contributed by atoms with E-state index in [2.05, 4.69) is 0 Å². The first kappa shape index (κ1) is 13.8. The number of hydrogen-bond donors (Lipinski definition) is 1. The standard InChI is InChI=1S/C13H11ClFNO2S/c14-12-6-5-11(16)7-13(12)19(17,18)8-9-1-3-10(15)4-2-9/h1-7H,8,16H2. The van der Waals surface area contributed by atoms with Crippen molar-refractivity contribution in [2.75, 3.05) is 5.73 Å². The molecule has 0 spiro atoms. The molecule has 0 saturated heterocycles. The van der Waals surface area contributed by atoms with Gasteiger partial charge in [0.25, 0.3) is 0 Å². The Morgan fingerprint density at radius 2 is 1.74 bits per heavy atom. The largest absolute Gasteiger partial charge is 0.399 e. The topological polar surface area (TPSA) is 60.2 Å². The normalized spacial score (nSPS) is 11.5. The molecule has 0 radical (unpaired) electrons. The van der Waals surface area contributed by atoms with E-state index in [0.717, 1.165) is 0 Å². The van der Waals surface area contributed by atoms with E-state index in [1.165, 1.54) is 42.5 Å². The molecule has 6 heteroatoms. The highest BCUT2D eigenvalue weighted by atomic mass is 35.5. The molecule has 100 valence electrons. The maximum Gasteiger partial charge on any atom is 0.184 e. The Morgan fingerprint density at radius 3 is 2.37 bits per heavy atom. The summed E-state index contributed by atoms with van der Waals surface area (Å²) in [5.74, 6) is -0.667. The zero-order chi connectivity index (χ0) is 14.0. The summed E-state index contributed by atoms with van der Waals surface area (Å²) < 4.78 is 37.2. The first-order valence-corrected chi connectivity index (χ1v) is 7.44. The lowest BCUT2D eigenvalue weighted by Crippen LogP contribution is -2.06. The molecule has 0 atom stereocenters. The monoisotopic (exact) mass is 299 g/mol. The maximum atomic E-state index is 12.8. The molecule has 0 aliphatic carbocycles. The molecule has 0 saturated carbocycles. The second-order valence-corrected chi connectivity index (χ2v) is 6.44. The van der Waals surface area contributed by atoms with Crippen molar-refractivity contribution in [1.29, 1.82) is 0 Å². The summed E-state index contributed by atoms with van der Waals surface area (Å²) in [6.45, 7) is 0. The van der Waals surface area contributed by atoms with Crippen LogP contribution in [0.4, 0.5) is 10.1 Å². The summed E-state index contributed by atoms with van der Waals surface area (Å²) >= 11 is 5.88. The average Bonchev–Trinajstić information content (AvgIpc) is 2.35. The minimum atomic E-state index is -3.61. The number of rotatable bonds is 3. The van der Waals surface area contributed by atoms with E-state index < -0.39 is 15.7 Å². The number of nitrogen functional groups attached to an aromatic ring is 1. The molecule has 2 N–H and O–H groups in total. The van der Waals surface area contributed by atoms with E-state index in [-0.39, 0.29) is 15.7 Å². The van der Waals surface area contributed by atoms with Crippen LogP contribution in [0.3, 0.4) is 0 Å². The number of hydrogen-bond acceptors (Lipinski definition) is 3. The van der Waals surface area contributed by atoms with Gasteiger partial charge in [-0.25, -0.2) is 12.8 Å². The lowest BCUT2D eigenvalue weighted by atomic mass is 10.2. The SMILES string of the molecule is Nc1ccc(Cl)c(S(=O)(=O)Cc2ccc(F)cc2)c1. The van der Waals surface area contributed by atoms with Crippen LogP contribution in [-0.2, 0) is 15.6 Å². The predicted molar refractivity (Wildman–Crippen MR) is 73.2 cm³/mol. The second-order valence-electron chi connectivity index (χ2n) is 4.08. The summed E-state index contributed by atoms with van der Waals surface area (Å²) in [6, 6.07) is 9.56. The molecule has 0 amide bonds. The quantitative estimate of drug-likeness (QED) is 0.886. The van der Waals surface area contributed by atoms with Crippen molar-refractivity contribution in [2.45, 2.75) is 10.6 Å². The molecule has 19 heavy (non-hydrogen) atoms. The summed E-state index contributed by atoms with van der Waals surface area (Å²) in [6.07, 6.45) is 0. The van der Waals surface area contributed by atoms with Crippen molar-refractivity contribution in [3.8, 4) is 0 Å². The molecule has 0 aliphatic heterocycles. The van der Waals surface area contributed by atoms with Crippen molar-refractivity contribution in [1.82, 2.24) is 0 Å². The zero-order valence-corrected chi connectivity index (χ0v) is 11.4. The molecule has 0 heterocycles. The third kappa shape index (κ3) is 3.24. The zero-order valence-electron chi connectivity index (χ0n) is 9.81. The van der Waals surface area contributed by atoms with Gasteiger partial charge >= 0.3 is 0 Å². The Labute approximate surface area is 115 Å². The molecular weight excluding hydrogens is 289 g/mol. The van der Waals surface area contributed by atoms with Crippen LogP contribution in [0.1, 0.15) is 5.56 Å². The number of nitrogens with two attached hydrogens (primary N) is 1. The van der Waals surface area contributed by atoms with Crippen LogP contribution in [-0.4, -0.2) is 8.42 Å². The average molecular weight is 300 g/mol. The van der Waals surface area contributed by atoms with Gasteiger partial charge < -0.3 is 5.73 Å². The molecule has 0 unspecified atom stereocenters. The molecular formula is C13H11ClFNO2S. The van der Waals surface area contributed by atoms with E-state index in [1.807, 2.05) is 0 Å². The van der Waals surface area contributed by atoms with E-state index in [0.29, 0.717) is 11.3 Å². The lowest BCUT2D eigenvalue weighted by molar-refractivity contribution is 0.595. The van der Waals surface area contributed by atoms with Gasteiger partial charge in [-0.3, -0.25) is 0 Å². The van der Waals surface area contributed by atoms with E-state index in [9.17, 15) is 12.8 Å². The predicted octanol–water partition coefficient (Wildman–Crippen LogP) is 3.04. The highest BCUT2D eigenvalue weighted by Crippen LogP contribution is 2.26. The number of sulfone groups is 1. The number of anilines is 1. The van der Waals surface area contributed by atoms with Crippen molar-refractivity contribution in [3.63, 3.8) is 0 Å². The van der Waals surface area contributed by atoms with E-state index >= 15 is 0 Å². The molecule has 2 aromatic rings. The molecule has 0 fully saturated rings. The van der Waals surface area contributed by atoms with Crippen LogP contribution < -0.4 is 5.73 Å². The van der Waals surface area contributed by atoms with Gasteiger partial charge in [0, 0.05) is 5.69 Å². The molecule has 0 bridgehead atoms. The van der Waals surface area contributed by atoms with Gasteiger partial charge in [0.2, 0.25) is 0 Å². The Bertz CT molecular complexity index is 699. The smallest absolute Gasteiger partial charge is 0.184 e. The van der Waals surface area contributed by atoms with Crippen LogP contribution >= 0.6 is 11.6 Å². The lowest BCUT2D eigenvalue weighted by Gasteiger charge is -2.07. The highest BCUT2D eigenvalue weighted by molar-refractivity contribution is 7.90. The Hall–Kier alpha value is -1.59. The van der Waals surface area contributed by atoms with E-state index in [1.54, 1.807) is 0 Å². The van der Waals surface area contributed by atoms with Crippen LogP contribution in [0.15, 0.2) is 47.4 Å². The first-order valence-electron chi connectivity index (χ1n) is 5.41. The minimum Gasteiger partial charge on any atom is -0.399 e. The molecule has 0 aliphatic rings. The van der Waals surface area contributed by atoms with Crippen LogP contribution in [0.5, 0.6) is 0 Å². The fourth-order valence-electron chi connectivity index (χ4n) is 1.64. The van der Waals surface area contributed by atoms with Crippen molar-refractivity contribution in [3.05, 3.63) is 58.9 Å². The van der Waals surface area contributed by atoms with Crippen molar-refractivity contribution >= 4 is 27.1 Å². The van der Waals surface area contributed by atoms with Gasteiger partial charge in [-0.2, -0.15) is 0 Å². The van der Waals surface area contributed by atoms with Gasteiger partial charge in [-0.15, -0.1) is 0 Å². The minimum absolute atomic E-state index is 0.0153. The number of halogens is 2. The van der Waals surface area contributed by atoms with Crippen LogP contribution in [0.2, 0.25) is 5.02 Å². The third-order valence-electron chi connectivity index (χ3n) is 2.56. The summed E-state index contributed by atoms with van der Waals surface area (Å²) in [5.41, 5.74) is 6.37. The summed E-state index contributed by atoms with van der Waals surface area (Å²) in [7, 11) is -3.61. The fourth-order valence-corrected chi connectivity index (χ4v) is 3.57. The number of benzene rings is 2. The third-order valence-corrected chi connectivity index (χ3v) is 4.72. The molecule has 3 nitrogen and oxygen atoms in total. The Morgan fingerprint density at radius 1 is 1.11 bits per heavy atom. The van der Waals surface area contributed by atoms with E-state index in [4.69, 9.17) is 17.3 Å². The first-order chi connectivity index (χ1) is 8.88. The van der Waals surface area contributed by atoms with Gasteiger partial charge in [0.05, 0.1) is 15.7 Å². The van der Waals surface area contributed by atoms with Crippen LogP contribution in [0.25, 0.3) is 0 Å². The molecule has 0 aromatic heterocycles. The van der Waals surface area contributed by atoms with Gasteiger partial charge in [0.1, 0.15) is 5.82 Å². The van der Waals surface area contributed by atoms with Crippen molar-refractivity contribution in [2.24, 2.45) is 0 Å². The Kier molecular flexibility index (Phi) is 3.78. The molecule has 2 aromatic carbocycles. The Balaban J connectivity index is 2.37. The molecule has 2 rings (SSSR count). The second kappa shape index (κ2) is 5.19. The van der Waals surface area contributed by atoms with Gasteiger partial charge in [-0.1, -0.05) is 23.7 Å². The summed E-state index contributed by atoms with van der Waals surface area (Å²) in [5, 5.41) is 0.122. The maximum absolute atomic E-state index is 12.8. The highest BCUT2D eigenvalue weighted by Gasteiger charge is 2.19. The summed E-state index contributed by atoms with van der Waals surface area (Å²) in [4.78, 5) is -0.0153. The van der Waals surface area contributed by atoms with Crippen molar-refractivity contribution < 1.29 is 12.8 Å². The fraction of sp³-hybridized carbons (Fsp3) is 0.0769.